The molecule has 128 valence electrons. The van der Waals surface area contributed by atoms with E-state index < -0.39 is 10.0 Å². The topological polar surface area (TPSA) is 66.5 Å². The molecule has 0 saturated heterocycles. The minimum Gasteiger partial charge on any atom is -0.346 e. The summed E-state index contributed by atoms with van der Waals surface area (Å²) in [6.07, 6.45) is 0. The van der Waals surface area contributed by atoms with Crippen molar-refractivity contribution in [3.63, 3.8) is 0 Å². The molecule has 1 N–H and O–H groups in total. The first-order valence-corrected chi connectivity index (χ1v) is 9.12. The van der Waals surface area contributed by atoms with Crippen LogP contribution in [0.4, 0.5) is 0 Å². The average Bonchev–Trinajstić information content (AvgIpc) is 2.55. The smallest absolute Gasteiger partial charge is 0.251 e. The van der Waals surface area contributed by atoms with Crippen molar-refractivity contribution in [2.75, 3.05) is 14.1 Å². The van der Waals surface area contributed by atoms with Gasteiger partial charge in [0.1, 0.15) is 0 Å². The van der Waals surface area contributed by atoms with Gasteiger partial charge in [0, 0.05) is 24.7 Å². The summed E-state index contributed by atoms with van der Waals surface area (Å²) in [4.78, 5) is 12.4. The molecule has 24 heavy (non-hydrogen) atoms. The second-order valence-corrected chi connectivity index (χ2v) is 8.15. The van der Waals surface area contributed by atoms with Crippen molar-refractivity contribution in [2.45, 2.75) is 17.9 Å². The fraction of sp³-hybridized carbons (Fsp3) is 0.235. The van der Waals surface area contributed by atoms with Gasteiger partial charge in [-0.3, -0.25) is 4.79 Å². The number of sulfonamides is 1. The molecule has 0 saturated carbocycles. The van der Waals surface area contributed by atoms with E-state index >= 15 is 0 Å². The number of carbonyl (C=O) groups is 1. The number of carbonyl (C=O) groups excluding carboxylic acids is 1. The van der Waals surface area contributed by atoms with Gasteiger partial charge in [0.15, 0.2) is 0 Å². The highest BCUT2D eigenvalue weighted by molar-refractivity contribution is 7.89. The standard InChI is InChI=1S/C17H19ClN2O3S/c1-12(13-4-8-15(18)9-5-13)19-17(21)14-6-10-16(11-7-14)24(22,23)20(2)3/h4-12H,1-3H3,(H,19,21)/t12-/m1/s1. The van der Waals surface area contributed by atoms with Gasteiger partial charge in [-0.25, -0.2) is 12.7 Å². The van der Waals surface area contributed by atoms with E-state index in [-0.39, 0.29) is 16.8 Å². The third-order valence-corrected chi connectivity index (χ3v) is 5.69. The molecule has 5 nitrogen and oxygen atoms in total. The molecule has 7 heteroatoms. The van der Waals surface area contributed by atoms with Crippen LogP contribution >= 0.6 is 11.6 Å². The number of rotatable bonds is 5. The summed E-state index contributed by atoms with van der Waals surface area (Å²) in [6.45, 7) is 1.87. The number of benzene rings is 2. The van der Waals surface area contributed by atoms with Crippen molar-refractivity contribution >= 4 is 27.5 Å². The number of hydrogen-bond donors (Lipinski definition) is 1. The van der Waals surface area contributed by atoms with Gasteiger partial charge in [-0.15, -0.1) is 0 Å². The Kier molecular flexibility index (Phi) is 5.64. The lowest BCUT2D eigenvalue weighted by atomic mass is 10.1. The van der Waals surface area contributed by atoms with Gasteiger partial charge in [0.25, 0.3) is 5.91 Å². The predicted octanol–water partition coefficient (Wildman–Crippen LogP) is 3.08. The second kappa shape index (κ2) is 7.34. The zero-order valence-corrected chi connectivity index (χ0v) is 15.2. The van der Waals surface area contributed by atoms with Crippen molar-refractivity contribution in [3.8, 4) is 0 Å². The lowest BCUT2D eigenvalue weighted by Crippen LogP contribution is -2.27. The first-order chi connectivity index (χ1) is 11.2. The van der Waals surface area contributed by atoms with Crippen LogP contribution in [-0.4, -0.2) is 32.7 Å². The van der Waals surface area contributed by atoms with Crippen LogP contribution in [0.15, 0.2) is 53.4 Å². The van der Waals surface area contributed by atoms with Crippen LogP contribution in [0.3, 0.4) is 0 Å². The van der Waals surface area contributed by atoms with Gasteiger partial charge in [0.05, 0.1) is 10.9 Å². The number of amides is 1. The van der Waals surface area contributed by atoms with Gasteiger partial charge >= 0.3 is 0 Å². The third kappa shape index (κ3) is 4.14. The molecule has 2 aromatic rings. The molecule has 0 spiro atoms. The van der Waals surface area contributed by atoms with Crippen LogP contribution in [0.2, 0.25) is 5.02 Å². The van der Waals surface area contributed by atoms with Crippen LogP contribution in [-0.2, 0) is 10.0 Å². The quantitative estimate of drug-likeness (QED) is 0.884. The lowest BCUT2D eigenvalue weighted by Gasteiger charge is -2.15. The molecule has 2 rings (SSSR count). The number of nitrogens with zero attached hydrogens (tertiary/aromatic N) is 1. The first-order valence-electron chi connectivity index (χ1n) is 7.31. The van der Waals surface area contributed by atoms with E-state index in [2.05, 4.69) is 5.32 Å². The second-order valence-electron chi connectivity index (χ2n) is 5.56. The summed E-state index contributed by atoms with van der Waals surface area (Å²) in [7, 11) is -0.576. The average molecular weight is 367 g/mol. The molecule has 0 heterocycles. The van der Waals surface area contributed by atoms with Crippen molar-refractivity contribution in [1.82, 2.24) is 9.62 Å². The summed E-state index contributed by atoms with van der Waals surface area (Å²) in [5.74, 6) is -0.272. The van der Waals surface area contributed by atoms with Crippen molar-refractivity contribution in [2.24, 2.45) is 0 Å². The van der Waals surface area contributed by atoms with Crippen molar-refractivity contribution in [1.29, 1.82) is 0 Å². The molecule has 0 aliphatic rings. The Labute approximate surface area is 147 Å². The van der Waals surface area contributed by atoms with E-state index in [1.807, 2.05) is 19.1 Å². The van der Waals surface area contributed by atoms with Crippen LogP contribution in [0.5, 0.6) is 0 Å². The summed E-state index contributed by atoms with van der Waals surface area (Å²) in [6, 6.07) is 12.9. The Balaban J connectivity index is 2.11. The monoisotopic (exact) mass is 366 g/mol. The molecule has 2 aromatic carbocycles. The van der Waals surface area contributed by atoms with E-state index in [4.69, 9.17) is 11.6 Å². The molecule has 0 bridgehead atoms. The van der Waals surface area contributed by atoms with Gasteiger partial charge in [-0.2, -0.15) is 0 Å². The third-order valence-electron chi connectivity index (χ3n) is 3.61. The van der Waals surface area contributed by atoms with Gasteiger partial charge in [-0.1, -0.05) is 23.7 Å². The Hall–Kier alpha value is -1.89. The molecule has 1 atom stereocenters. The highest BCUT2D eigenvalue weighted by atomic mass is 35.5. The summed E-state index contributed by atoms with van der Waals surface area (Å²) >= 11 is 5.85. The fourth-order valence-electron chi connectivity index (χ4n) is 2.10. The molecule has 1 amide bonds. The van der Waals surface area contributed by atoms with Gasteiger partial charge in [-0.05, 0) is 48.9 Å². The van der Waals surface area contributed by atoms with Crippen LogP contribution in [0.25, 0.3) is 0 Å². The highest BCUT2D eigenvalue weighted by Crippen LogP contribution is 2.18. The molecule has 0 unspecified atom stereocenters. The maximum Gasteiger partial charge on any atom is 0.251 e. The first kappa shape index (κ1) is 18.4. The molecular weight excluding hydrogens is 348 g/mol. The minimum atomic E-state index is -3.50. The fourth-order valence-corrected chi connectivity index (χ4v) is 3.13. The summed E-state index contributed by atoms with van der Waals surface area (Å²) in [5, 5.41) is 3.51. The van der Waals surface area contributed by atoms with E-state index in [0.29, 0.717) is 10.6 Å². The van der Waals surface area contributed by atoms with E-state index in [1.54, 1.807) is 12.1 Å². The SMILES string of the molecule is C[C@@H](NC(=O)c1ccc(S(=O)(=O)N(C)C)cc1)c1ccc(Cl)cc1. The van der Waals surface area contributed by atoms with Gasteiger partial charge in [0.2, 0.25) is 10.0 Å². The minimum absolute atomic E-state index is 0.148. The van der Waals surface area contributed by atoms with E-state index in [1.165, 1.54) is 38.4 Å². The Bertz CT molecular complexity index is 816. The maximum atomic E-state index is 12.3. The normalized spacial score (nSPS) is 12.9. The summed E-state index contributed by atoms with van der Waals surface area (Å²) < 4.78 is 25.2. The van der Waals surface area contributed by atoms with Crippen LogP contribution in [0, 0.1) is 0 Å². The van der Waals surface area contributed by atoms with Crippen LogP contribution < -0.4 is 5.32 Å². The van der Waals surface area contributed by atoms with Crippen molar-refractivity contribution in [3.05, 3.63) is 64.7 Å². The molecule has 0 aliphatic carbocycles. The molecule has 0 aromatic heterocycles. The number of hydrogen-bond acceptors (Lipinski definition) is 3. The zero-order chi connectivity index (χ0) is 17.9. The maximum absolute atomic E-state index is 12.3. The lowest BCUT2D eigenvalue weighted by molar-refractivity contribution is 0.0940. The van der Waals surface area contributed by atoms with Crippen LogP contribution in [0.1, 0.15) is 28.9 Å². The zero-order valence-electron chi connectivity index (χ0n) is 13.7. The Morgan fingerprint density at radius 2 is 1.58 bits per heavy atom. The summed E-state index contributed by atoms with van der Waals surface area (Å²) in [5.41, 5.74) is 1.33. The number of nitrogens with one attached hydrogen (secondary N) is 1. The highest BCUT2D eigenvalue weighted by Gasteiger charge is 2.18. The molecular formula is C17H19ClN2O3S. The van der Waals surface area contributed by atoms with E-state index in [0.717, 1.165) is 9.87 Å². The molecule has 0 aliphatic heterocycles. The Morgan fingerprint density at radius 1 is 1.04 bits per heavy atom. The Morgan fingerprint density at radius 3 is 2.08 bits per heavy atom. The largest absolute Gasteiger partial charge is 0.346 e. The van der Waals surface area contributed by atoms with E-state index in [9.17, 15) is 13.2 Å². The molecule has 0 fully saturated rings. The molecule has 0 radical (unpaired) electrons. The van der Waals surface area contributed by atoms with Gasteiger partial charge < -0.3 is 5.32 Å². The number of halogens is 1. The van der Waals surface area contributed by atoms with Crippen molar-refractivity contribution < 1.29 is 13.2 Å². The predicted molar refractivity (Wildman–Crippen MR) is 94.6 cm³/mol.